The molecule has 2 aromatic rings. The van der Waals surface area contributed by atoms with Gasteiger partial charge < -0.3 is 15.0 Å². The molecular weight excluding hydrogens is 379 g/mol. The monoisotopic (exact) mass is 398 g/mol. The van der Waals surface area contributed by atoms with Crippen molar-refractivity contribution in [2.45, 2.75) is 49.2 Å². The van der Waals surface area contributed by atoms with Crippen molar-refractivity contribution in [2.24, 2.45) is 5.73 Å². The van der Waals surface area contributed by atoms with E-state index < -0.39 is 0 Å². The summed E-state index contributed by atoms with van der Waals surface area (Å²) in [6.07, 6.45) is 2.70. The molecule has 2 N–H and O–H groups in total. The fourth-order valence-corrected chi connectivity index (χ4v) is 4.14. The maximum absolute atomic E-state index is 14.0. The molecule has 1 aliphatic rings. The van der Waals surface area contributed by atoms with Gasteiger partial charge in [-0.1, -0.05) is 29.4 Å². The number of benzene rings is 1. The third-order valence-electron chi connectivity index (χ3n) is 4.21. The van der Waals surface area contributed by atoms with Crippen molar-refractivity contribution < 1.29 is 13.9 Å². The van der Waals surface area contributed by atoms with Crippen molar-refractivity contribution in [3.63, 3.8) is 0 Å². The number of hydrogen-bond acceptors (Lipinski definition) is 5. The smallest absolute Gasteiger partial charge is 0.217 e. The first kappa shape index (κ1) is 19.1. The minimum absolute atomic E-state index is 0.0923. The number of primary amides is 1. The molecule has 2 heterocycles. The minimum atomic E-state index is -0.385. The number of rotatable bonds is 8. The second-order valence-electron chi connectivity index (χ2n) is 6.10. The molecule has 6 nitrogen and oxygen atoms in total. The lowest BCUT2D eigenvalue weighted by atomic mass is 10.2. The van der Waals surface area contributed by atoms with Crippen molar-refractivity contribution in [2.75, 3.05) is 6.61 Å². The van der Waals surface area contributed by atoms with Gasteiger partial charge in [0.05, 0.1) is 12.6 Å². The van der Waals surface area contributed by atoms with Crippen LogP contribution in [0.2, 0.25) is 5.02 Å². The first-order valence-corrected chi connectivity index (χ1v) is 9.78. The number of aromatic nitrogens is 3. The number of thioether (sulfide) groups is 1. The van der Waals surface area contributed by atoms with Crippen LogP contribution in [0.25, 0.3) is 0 Å². The van der Waals surface area contributed by atoms with E-state index in [9.17, 15) is 9.18 Å². The molecule has 1 aromatic heterocycles. The molecule has 0 saturated carbocycles. The summed E-state index contributed by atoms with van der Waals surface area (Å²) in [5.41, 5.74) is 5.68. The van der Waals surface area contributed by atoms with E-state index in [1.54, 1.807) is 12.1 Å². The molecule has 0 aliphatic carbocycles. The number of ether oxygens (including phenoxy) is 1. The van der Waals surface area contributed by atoms with Crippen LogP contribution in [0.4, 0.5) is 4.39 Å². The Hall–Kier alpha value is -1.64. The molecule has 1 unspecified atom stereocenters. The van der Waals surface area contributed by atoms with Crippen molar-refractivity contribution in [1.29, 1.82) is 0 Å². The Bertz CT molecular complexity index is 760. The molecule has 0 bridgehead atoms. The number of carbonyl (C=O) groups excluding carboxylic acids is 1. The zero-order valence-electron chi connectivity index (χ0n) is 14.2. The first-order valence-electron chi connectivity index (χ1n) is 8.42. The molecule has 0 radical (unpaired) electrons. The van der Waals surface area contributed by atoms with E-state index in [1.807, 2.05) is 4.57 Å². The largest absolute Gasteiger partial charge is 0.376 e. The van der Waals surface area contributed by atoms with Crippen LogP contribution >= 0.6 is 23.4 Å². The van der Waals surface area contributed by atoms with Crippen LogP contribution in [0.5, 0.6) is 0 Å². The number of nitrogens with zero attached hydrogens (tertiary/aromatic N) is 3. The molecule has 1 amide bonds. The predicted molar refractivity (Wildman–Crippen MR) is 97.5 cm³/mol. The molecule has 1 saturated heterocycles. The van der Waals surface area contributed by atoms with E-state index >= 15 is 0 Å². The van der Waals surface area contributed by atoms with Crippen molar-refractivity contribution in [1.82, 2.24) is 14.8 Å². The van der Waals surface area contributed by atoms with Gasteiger partial charge in [0, 0.05) is 35.8 Å². The summed E-state index contributed by atoms with van der Waals surface area (Å²) < 4.78 is 21.6. The maximum Gasteiger partial charge on any atom is 0.217 e. The second kappa shape index (κ2) is 8.83. The van der Waals surface area contributed by atoms with Gasteiger partial charge >= 0.3 is 0 Å². The van der Waals surface area contributed by atoms with Crippen LogP contribution in [0.3, 0.4) is 0 Å². The van der Waals surface area contributed by atoms with Crippen LogP contribution in [-0.2, 0) is 28.2 Å². The Kier molecular flexibility index (Phi) is 6.50. The Morgan fingerprint density at radius 2 is 2.31 bits per heavy atom. The van der Waals surface area contributed by atoms with Crippen LogP contribution in [0, 0.1) is 5.82 Å². The molecule has 1 fully saturated rings. The van der Waals surface area contributed by atoms with E-state index in [0.717, 1.165) is 19.4 Å². The van der Waals surface area contributed by atoms with E-state index in [0.29, 0.717) is 40.3 Å². The highest BCUT2D eigenvalue weighted by Gasteiger charge is 2.21. The highest BCUT2D eigenvalue weighted by Crippen LogP contribution is 2.29. The first-order chi connectivity index (χ1) is 12.5. The van der Waals surface area contributed by atoms with E-state index in [2.05, 4.69) is 10.2 Å². The maximum atomic E-state index is 14.0. The van der Waals surface area contributed by atoms with Crippen molar-refractivity contribution in [3.8, 4) is 0 Å². The molecule has 1 aromatic carbocycles. The number of carbonyl (C=O) groups is 1. The summed E-state index contributed by atoms with van der Waals surface area (Å²) in [5, 5.41) is 9.44. The highest BCUT2D eigenvalue weighted by molar-refractivity contribution is 7.98. The lowest BCUT2D eigenvalue weighted by Gasteiger charge is -2.14. The normalized spacial score (nSPS) is 16.9. The van der Waals surface area contributed by atoms with E-state index in [1.165, 1.54) is 17.8 Å². The van der Waals surface area contributed by atoms with E-state index in [-0.39, 0.29) is 24.2 Å². The molecule has 3 rings (SSSR count). The average Bonchev–Trinajstić information content (AvgIpc) is 3.23. The third kappa shape index (κ3) is 4.75. The van der Waals surface area contributed by atoms with Gasteiger partial charge in [-0.25, -0.2) is 4.39 Å². The fourth-order valence-electron chi connectivity index (χ4n) is 2.83. The Morgan fingerprint density at radius 1 is 1.46 bits per heavy atom. The Balaban J connectivity index is 1.77. The highest BCUT2D eigenvalue weighted by atomic mass is 35.5. The van der Waals surface area contributed by atoms with Gasteiger partial charge in [0.1, 0.15) is 11.6 Å². The summed E-state index contributed by atoms with van der Waals surface area (Å²) >= 11 is 7.46. The van der Waals surface area contributed by atoms with Crippen LogP contribution in [0.1, 0.15) is 30.7 Å². The van der Waals surface area contributed by atoms with Gasteiger partial charge in [-0.2, -0.15) is 0 Å². The third-order valence-corrected chi connectivity index (χ3v) is 5.55. The van der Waals surface area contributed by atoms with Gasteiger partial charge in [-0.05, 0) is 25.0 Å². The van der Waals surface area contributed by atoms with Crippen LogP contribution in [0.15, 0.2) is 23.4 Å². The SMILES string of the molecule is NC(=O)CCc1nnc(SCc2c(F)cccc2Cl)n1CC1CCCO1. The average molecular weight is 399 g/mol. The zero-order chi connectivity index (χ0) is 18.5. The predicted octanol–water partition coefficient (Wildman–Crippen LogP) is 2.96. The number of aryl methyl sites for hydroxylation is 1. The summed E-state index contributed by atoms with van der Waals surface area (Å²) in [7, 11) is 0. The topological polar surface area (TPSA) is 83.0 Å². The van der Waals surface area contributed by atoms with Crippen molar-refractivity contribution in [3.05, 3.63) is 40.4 Å². The number of hydrogen-bond donors (Lipinski definition) is 1. The minimum Gasteiger partial charge on any atom is -0.376 e. The summed E-state index contributed by atoms with van der Waals surface area (Å²) in [5.74, 6) is 0.292. The standard InChI is InChI=1S/C17H20ClFN4O2S/c18-13-4-1-5-14(19)12(13)10-26-17-22-21-16(7-6-15(20)24)23(17)9-11-3-2-8-25-11/h1,4-5,11H,2-3,6-10H2,(H2,20,24). The number of halogens is 2. The molecule has 140 valence electrons. The van der Waals surface area contributed by atoms with Gasteiger partial charge in [-0.15, -0.1) is 10.2 Å². The van der Waals surface area contributed by atoms with Gasteiger partial charge in [0.25, 0.3) is 0 Å². The van der Waals surface area contributed by atoms with E-state index in [4.69, 9.17) is 22.1 Å². The van der Waals surface area contributed by atoms with Crippen molar-refractivity contribution >= 4 is 29.3 Å². The van der Waals surface area contributed by atoms with Gasteiger partial charge in [-0.3, -0.25) is 4.79 Å². The quantitative estimate of drug-likeness (QED) is 0.691. The van der Waals surface area contributed by atoms with Crippen LogP contribution in [-0.4, -0.2) is 33.4 Å². The zero-order valence-corrected chi connectivity index (χ0v) is 15.7. The Labute approximate surface area is 160 Å². The molecule has 1 atom stereocenters. The lowest BCUT2D eigenvalue weighted by molar-refractivity contribution is -0.118. The molecule has 0 spiro atoms. The fraction of sp³-hybridized carbons (Fsp3) is 0.471. The summed E-state index contributed by atoms with van der Waals surface area (Å²) in [6, 6.07) is 4.63. The van der Waals surface area contributed by atoms with Gasteiger partial charge in [0.15, 0.2) is 5.16 Å². The van der Waals surface area contributed by atoms with Gasteiger partial charge in [0.2, 0.25) is 5.91 Å². The molecule has 26 heavy (non-hydrogen) atoms. The molecule has 1 aliphatic heterocycles. The summed E-state index contributed by atoms with van der Waals surface area (Å²) in [4.78, 5) is 11.1. The lowest BCUT2D eigenvalue weighted by Crippen LogP contribution is -2.19. The number of nitrogens with two attached hydrogens (primary N) is 1. The second-order valence-corrected chi connectivity index (χ2v) is 7.45. The summed E-state index contributed by atoms with van der Waals surface area (Å²) in [6.45, 7) is 1.35. The number of amides is 1. The molecule has 9 heteroatoms. The molecular formula is C17H20ClFN4O2S. The van der Waals surface area contributed by atoms with Crippen LogP contribution < -0.4 is 5.73 Å². The Morgan fingerprint density at radius 3 is 3.00 bits per heavy atom.